The van der Waals surface area contributed by atoms with Crippen LogP contribution in [-0.4, -0.2) is 72.9 Å². The molecule has 0 aromatic heterocycles. The van der Waals surface area contributed by atoms with Crippen LogP contribution in [0.2, 0.25) is 0 Å². The zero-order chi connectivity index (χ0) is 22.1. The molecule has 4 saturated heterocycles. The molecule has 9 heteroatoms. The number of carbonyl (C=O) groups excluding carboxylic acids is 1. The van der Waals surface area contributed by atoms with E-state index in [1.807, 2.05) is 5.12 Å². The molecule has 1 saturated carbocycles. The molecular formula is C23H42ClN7O. The number of hydrazine groups is 2. The molecule has 8 nitrogen and oxygen atoms in total. The van der Waals surface area contributed by atoms with Crippen LogP contribution in [0.4, 0.5) is 0 Å². The van der Waals surface area contributed by atoms with Gasteiger partial charge in [0.2, 0.25) is 5.91 Å². The Balaban J connectivity index is 1.11. The summed E-state index contributed by atoms with van der Waals surface area (Å²) in [6.07, 6.45) is 9.68. The molecule has 0 spiro atoms. The van der Waals surface area contributed by atoms with Crippen molar-refractivity contribution in [3.05, 3.63) is 0 Å². The van der Waals surface area contributed by atoms with Crippen LogP contribution in [0.1, 0.15) is 58.3 Å². The zero-order valence-electron chi connectivity index (χ0n) is 19.4. The Labute approximate surface area is 197 Å². The topological polar surface area (TPSA) is 92.5 Å². The van der Waals surface area contributed by atoms with E-state index in [-0.39, 0.29) is 29.5 Å². The van der Waals surface area contributed by atoms with Gasteiger partial charge in [0.15, 0.2) is 0 Å². The van der Waals surface area contributed by atoms with E-state index in [0.717, 1.165) is 56.8 Å². The van der Waals surface area contributed by atoms with Crippen LogP contribution in [0.25, 0.3) is 0 Å². The van der Waals surface area contributed by atoms with E-state index in [1.54, 1.807) is 0 Å². The van der Waals surface area contributed by atoms with Crippen LogP contribution in [0.3, 0.4) is 0 Å². The third kappa shape index (κ3) is 4.97. The summed E-state index contributed by atoms with van der Waals surface area (Å²) in [6.45, 7) is 6.06. The Kier molecular flexibility index (Phi) is 7.58. The van der Waals surface area contributed by atoms with Crippen molar-refractivity contribution in [2.75, 3.05) is 26.2 Å². The fourth-order valence-electron chi connectivity index (χ4n) is 7.20. The van der Waals surface area contributed by atoms with E-state index in [9.17, 15) is 4.79 Å². The van der Waals surface area contributed by atoms with Gasteiger partial charge in [0.05, 0.1) is 11.4 Å². The number of rotatable bonds is 4. The zero-order valence-corrected chi connectivity index (χ0v) is 20.2. The Bertz CT molecular complexity index is 646. The summed E-state index contributed by atoms with van der Waals surface area (Å²) in [5.41, 5.74) is 6.58. The van der Waals surface area contributed by atoms with Crippen molar-refractivity contribution in [1.82, 2.24) is 37.2 Å². The first-order chi connectivity index (χ1) is 15.6. The molecule has 5 rings (SSSR count). The molecule has 4 heterocycles. The summed E-state index contributed by atoms with van der Waals surface area (Å²) in [6, 6.07) is 1.12. The summed E-state index contributed by atoms with van der Waals surface area (Å²) >= 11 is 6.65. The van der Waals surface area contributed by atoms with Crippen LogP contribution >= 0.6 is 11.6 Å². The van der Waals surface area contributed by atoms with E-state index in [4.69, 9.17) is 11.6 Å². The van der Waals surface area contributed by atoms with E-state index in [1.165, 1.54) is 38.6 Å². The molecule has 9 atom stereocenters. The minimum Gasteiger partial charge on any atom is -0.351 e. The van der Waals surface area contributed by atoms with Gasteiger partial charge in [-0.05, 0) is 76.2 Å². The lowest BCUT2D eigenvalue weighted by Gasteiger charge is -2.49. The van der Waals surface area contributed by atoms with Gasteiger partial charge in [0.25, 0.3) is 0 Å². The van der Waals surface area contributed by atoms with Gasteiger partial charge in [-0.3, -0.25) is 10.1 Å². The van der Waals surface area contributed by atoms with Crippen molar-refractivity contribution in [2.45, 2.75) is 94.0 Å². The molecule has 4 aliphatic heterocycles. The van der Waals surface area contributed by atoms with Crippen LogP contribution in [-0.2, 0) is 4.79 Å². The number of carbonyl (C=O) groups is 1. The highest BCUT2D eigenvalue weighted by atomic mass is 35.5. The minimum atomic E-state index is -0.0847. The van der Waals surface area contributed by atoms with Crippen molar-refractivity contribution < 1.29 is 4.79 Å². The summed E-state index contributed by atoms with van der Waals surface area (Å²) in [7, 11) is 0. The van der Waals surface area contributed by atoms with Crippen LogP contribution in [0.15, 0.2) is 0 Å². The van der Waals surface area contributed by atoms with Crippen molar-refractivity contribution in [1.29, 1.82) is 0 Å². The highest BCUT2D eigenvalue weighted by Crippen LogP contribution is 2.43. The van der Waals surface area contributed by atoms with Crippen LogP contribution < -0.4 is 32.1 Å². The molecule has 9 unspecified atom stereocenters. The van der Waals surface area contributed by atoms with Gasteiger partial charge in [-0.1, -0.05) is 6.42 Å². The number of halogens is 1. The normalized spacial score (nSPS) is 45.9. The average molecular weight is 468 g/mol. The maximum atomic E-state index is 13.1. The van der Waals surface area contributed by atoms with Gasteiger partial charge >= 0.3 is 0 Å². The Morgan fingerprint density at radius 1 is 0.938 bits per heavy atom. The lowest BCUT2D eigenvalue weighted by atomic mass is 9.63. The second-order valence-corrected chi connectivity index (χ2v) is 11.3. The first-order valence-electron chi connectivity index (χ1n) is 13.0. The molecule has 5 aliphatic rings. The standard InChI is InChI=1S/C23H42ClN7O/c1-14-16(17-4-2-6-20-18(17)5-3-9-25-20)7-8-21(29-14)23(32)30-15-12-19(24)22(26-13-15)31-27-10-11-28-31/h14-22,25-29H,2-13H2,1H3,(H,30,32). The molecule has 5 fully saturated rings. The summed E-state index contributed by atoms with van der Waals surface area (Å²) in [5.74, 6) is 2.47. The number of hydrogen-bond acceptors (Lipinski definition) is 7. The highest BCUT2D eigenvalue weighted by Gasteiger charge is 2.43. The van der Waals surface area contributed by atoms with Gasteiger partial charge in [-0.2, -0.15) is 5.12 Å². The third-order valence-corrected chi connectivity index (χ3v) is 9.16. The van der Waals surface area contributed by atoms with Gasteiger partial charge in [-0.25, -0.2) is 10.9 Å². The molecule has 1 amide bonds. The molecule has 6 N–H and O–H groups in total. The van der Waals surface area contributed by atoms with E-state index in [2.05, 4.69) is 39.0 Å². The van der Waals surface area contributed by atoms with E-state index >= 15 is 0 Å². The number of nitrogens with one attached hydrogen (secondary N) is 6. The SMILES string of the molecule is CC1NC(C(=O)NC2CNC(N3NCCN3)C(Cl)C2)CCC1C1CCCC2NCCCC21. The summed E-state index contributed by atoms with van der Waals surface area (Å²) < 4.78 is 0. The largest absolute Gasteiger partial charge is 0.351 e. The molecule has 182 valence electrons. The molecule has 0 bridgehead atoms. The molecule has 0 aromatic rings. The van der Waals surface area contributed by atoms with Crippen molar-refractivity contribution >= 4 is 17.5 Å². The van der Waals surface area contributed by atoms with E-state index in [0.29, 0.717) is 12.0 Å². The van der Waals surface area contributed by atoms with Gasteiger partial charge in [-0.15, -0.1) is 11.6 Å². The number of nitrogens with zero attached hydrogens (tertiary/aromatic N) is 1. The van der Waals surface area contributed by atoms with Crippen molar-refractivity contribution in [2.24, 2.45) is 17.8 Å². The quantitative estimate of drug-likeness (QED) is 0.338. The number of fused-ring (bicyclic) bond motifs is 1. The molecule has 0 radical (unpaired) electrons. The van der Waals surface area contributed by atoms with E-state index < -0.39 is 0 Å². The minimum absolute atomic E-state index is 0.0366. The van der Waals surface area contributed by atoms with Crippen LogP contribution in [0, 0.1) is 17.8 Å². The third-order valence-electron chi connectivity index (χ3n) is 8.74. The fraction of sp³-hybridized carbons (Fsp3) is 0.957. The van der Waals surface area contributed by atoms with Crippen LogP contribution in [0.5, 0.6) is 0 Å². The Morgan fingerprint density at radius 3 is 2.53 bits per heavy atom. The van der Waals surface area contributed by atoms with Crippen molar-refractivity contribution in [3.63, 3.8) is 0 Å². The van der Waals surface area contributed by atoms with Gasteiger partial charge in [0.1, 0.15) is 6.17 Å². The predicted molar refractivity (Wildman–Crippen MR) is 127 cm³/mol. The lowest BCUT2D eigenvalue weighted by Crippen LogP contribution is -2.65. The Morgan fingerprint density at radius 2 is 1.75 bits per heavy atom. The maximum absolute atomic E-state index is 13.1. The summed E-state index contributed by atoms with van der Waals surface area (Å²) in [5, 5.41) is 16.1. The second kappa shape index (κ2) is 10.4. The lowest BCUT2D eigenvalue weighted by molar-refractivity contribution is -0.125. The smallest absolute Gasteiger partial charge is 0.237 e. The number of hydrogen-bond donors (Lipinski definition) is 6. The average Bonchev–Trinajstić information content (AvgIpc) is 3.33. The van der Waals surface area contributed by atoms with Gasteiger partial charge in [0, 0.05) is 37.8 Å². The monoisotopic (exact) mass is 467 g/mol. The maximum Gasteiger partial charge on any atom is 0.237 e. The fourth-order valence-corrected chi connectivity index (χ4v) is 7.61. The highest BCUT2D eigenvalue weighted by molar-refractivity contribution is 6.21. The number of alkyl halides is 1. The summed E-state index contributed by atoms with van der Waals surface area (Å²) in [4.78, 5) is 13.1. The first-order valence-corrected chi connectivity index (χ1v) is 13.5. The number of amides is 1. The predicted octanol–water partition coefficient (Wildman–Crippen LogP) is 0.648. The van der Waals surface area contributed by atoms with Gasteiger partial charge < -0.3 is 16.0 Å². The molecule has 1 aliphatic carbocycles. The van der Waals surface area contributed by atoms with Crippen molar-refractivity contribution in [3.8, 4) is 0 Å². The molecule has 0 aromatic carbocycles. The first kappa shape index (κ1) is 23.3. The molecule has 32 heavy (non-hydrogen) atoms. The second-order valence-electron chi connectivity index (χ2n) is 10.7. The Hall–Kier alpha value is -0.480. The molecular weight excluding hydrogens is 426 g/mol. The number of piperidine rings is 3.